The number of terminal acetylenes is 1. The van der Waals surface area contributed by atoms with Crippen LogP contribution in [0.4, 0.5) is 23.4 Å². The second-order valence-electron chi connectivity index (χ2n) is 21.2. The maximum atomic E-state index is 17.1. The van der Waals surface area contributed by atoms with Crippen molar-refractivity contribution in [2.45, 2.75) is 69.9 Å². The van der Waals surface area contributed by atoms with Crippen molar-refractivity contribution in [3.05, 3.63) is 107 Å². The fourth-order valence-electron chi connectivity index (χ4n) is 11.7. The van der Waals surface area contributed by atoms with Crippen LogP contribution < -0.4 is 20.3 Å². The average molecular weight is 1050 g/mol. The summed E-state index contributed by atoms with van der Waals surface area (Å²) in [5.74, 6) is 1.15. The number of fused-ring (bicyclic) bond motifs is 4. The zero-order valence-corrected chi connectivity index (χ0v) is 43.1. The van der Waals surface area contributed by atoms with Crippen LogP contribution in [0.2, 0.25) is 0 Å². The van der Waals surface area contributed by atoms with Gasteiger partial charge in [0.15, 0.2) is 11.6 Å². The van der Waals surface area contributed by atoms with E-state index in [1.165, 1.54) is 16.7 Å². The van der Waals surface area contributed by atoms with E-state index < -0.39 is 30.3 Å². The Morgan fingerprint density at radius 1 is 0.922 bits per heavy atom. The third kappa shape index (κ3) is 10.7. The number of likely N-dealkylation sites (N-methyl/N-ethyl adjacent to an activating group) is 1. The number of aromatic nitrogens is 6. The van der Waals surface area contributed by atoms with Gasteiger partial charge in [0.05, 0.1) is 10.9 Å². The van der Waals surface area contributed by atoms with E-state index in [4.69, 9.17) is 26.1 Å². The molecule has 11 rings (SSSR count). The topological polar surface area (TPSA) is 173 Å². The number of pyridine rings is 1. The molecule has 2 bridgehead atoms. The molecule has 0 aliphatic carbocycles. The van der Waals surface area contributed by atoms with E-state index in [9.17, 15) is 28.2 Å². The maximum Gasteiger partial charge on any atom is 0.405 e. The van der Waals surface area contributed by atoms with Crippen molar-refractivity contribution < 1.29 is 37.3 Å². The van der Waals surface area contributed by atoms with E-state index in [1.54, 1.807) is 18.3 Å². The lowest BCUT2D eigenvalue weighted by atomic mass is 9.97. The van der Waals surface area contributed by atoms with E-state index in [-0.39, 0.29) is 52.1 Å². The van der Waals surface area contributed by atoms with Gasteiger partial charge < -0.3 is 35.4 Å². The van der Waals surface area contributed by atoms with Crippen LogP contribution in [0.3, 0.4) is 0 Å². The van der Waals surface area contributed by atoms with Gasteiger partial charge in [-0.15, -0.1) is 16.6 Å². The minimum absolute atomic E-state index is 0.0187. The van der Waals surface area contributed by atoms with E-state index >= 15 is 4.39 Å². The van der Waals surface area contributed by atoms with Crippen LogP contribution in [0.5, 0.6) is 17.5 Å². The number of nitrogens with zero attached hydrogens (tertiary/aromatic N) is 10. The molecule has 0 spiro atoms. The molecule has 4 saturated heterocycles. The normalized spacial score (nSPS) is 20.4. The number of benzene rings is 4. The van der Waals surface area contributed by atoms with Crippen molar-refractivity contribution in [3.63, 3.8) is 0 Å². The van der Waals surface area contributed by atoms with Crippen molar-refractivity contribution in [2.24, 2.45) is 5.92 Å². The number of hydrogen-bond donors (Lipinski definition) is 4. The molecule has 7 aromatic rings. The highest BCUT2D eigenvalue weighted by molar-refractivity contribution is 6.02. The zero-order chi connectivity index (χ0) is 53.7. The monoisotopic (exact) mass is 1050 g/mol. The van der Waals surface area contributed by atoms with Crippen molar-refractivity contribution in [1.82, 2.24) is 55.0 Å². The molecule has 4 aliphatic heterocycles. The van der Waals surface area contributed by atoms with Crippen LogP contribution >= 0.6 is 0 Å². The molecule has 4 N–H and O–H groups in total. The third-order valence-electron chi connectivity index (χ3n) is 15.6. The number of anilines is 1. The van der Waals surface area contributed by atoms with Crippen molar-refractivity contribution in [2.75, 3.05) is 77.5 Å². The summed E-state index contributed by atoms with van der Waals surface area (Å²) in [6, 6.07) is 22.2. The highest BCUT2D eigenvalue weighted by Gasteiger charge is 2.36. The summed E-state index contributed by atoms with van der Waals surface area (Å²) < 4.78 is 64.3. The molecule has 2 unspecified atom stereocenters. The van der Waals surface area contributed by atoms with E-state index in [2.05, 4.69) is 48.1 Å². The molecule has 4 atom stereocenters. The predicted octanol–water partition coefficient (Wildman–Crippen LogP) is 7.50. The highest BCUT2D eigenvalue weighted by Crippen LogP contribution is 2.40. The second-order valence-corrected chi connectivity index (χ2v) is 21.2. The molecule has 1 amide bonds. The first kappa shape index (κ1) is 51.7. The number of aromatic hydroxyl groups is 2. The second kappa shape index (κ2) is 21.2. The number of ether oxygens (including phenoxy) is 1. The molecular weight excluding hydrogens is 993 g/mol. The number of likely N-dealkylation sites (tertiary alicyclic amines) is 1. The van der Waals surface area contributed by atoms with Gasteiger partial charge in [0.2, 0.25) is 5.82 Å². The number of phenolic OH excluding ortho intramolecular Hbond substituents is 2. The Morgan fingerprint density at radius 3 is 2.36 bits per heavy atom. The summed E-state index contributed by atoms with van der Waals surface area (Å²) in [6.45, 7) is 9.87. The summed E-state index contributed by atoms with van der Waals surface area (Å²) in [6.07, 6.45) is 6.02. The van der Waals surface area contributed by atoms with Gasteiger partial charge in [0, 0.05) is 111 Å². The zero-order valence-electron chi connectivity index (χ0n) is 43.1. The molecule has 4 aromatic carbocycles. The van der Waals surface area contributed by atoms with Gasteiger partial charge >= 0.3 is 12.2 Å². The van der Waals surface area contributed by atoms with Gasteiger partial charge in [-0.05, 0) is 78.9 Å². The first-order valence-corrected chi connectivity index (χ1v) is 26.2. The Bertz CT molecular complexity index is 3380. The minimum Gasteiger partial charge on any atom is -0.508 e. The molecule has 400 valence electrons. The molecule has 4 fully saturated rings. The third-order valence-corrected chi connectivity index (χ3v) is 15.6. The van der Waals surface area contributed by atoms with Crippen LogP contribution in [0.1, 0.15) is 66.3 Å². The Balaban J connectivity index is 0.742. The van der Waals surface area contributed by atoms with Crippen molar-refractivity contribution in [1.29, 1.82) is 0 Å². The van der Waals surface area contributed by atoms with Crippen LogP contribution in [0.15, 0.2) is 79.0 Å². The lowest BCUT2D eigenvalue weighted by Crippen LogP contribution is -2.51. The highest BCUT2D eigenvalue weighted by atomic mass is 19.4. The average Bonchev–Trinajstić information content (AvgIpc) is 4.16. The number of halogens is 4. The van der Waals surface area contributed by atoms with Crippen molar-refractivity contribution >= 4 is 33.4 Å². The van der Waals surface area contributed by atoms with Crippen LogP contribution in [0, 0.1) is 24.1 Å². The number of nitrogens with one attached hydrogen (secondary N) is 2. The Hall–Kier alpha value is -7.44. The summed E-state index contributed by atoms with van der Waals surface area (Å²) >= 11 is 0. The fourth-order valence-corrected chi connectivity index (χ4v) is 11.7. The Morgan fingerprint density at radius 2 is 1.65 bits per heavy atom. The number of piperazine rings is 2. The quantitative estimate of drug-likeness (QED) is 0.0623. The smallest absolute Gasteiger partial charge is 0.405 e. The first-order valence-electron chi connectivity index (χ1n) is 26.2. The van der Waals surface area contributed by atoms with E-state index in [0.717, 1.165) is 88.0 Å². The van der Waals surface area contributed by atoms with Crippen LogP contribution in [-0.4, -0.2) is 157 Å². The van der Waals surface area contributed by atoms with Gasteiger partial charge in [-0.2, -0.15) is 23.1 Å². The predicted molar refractivity (Wildman–Crippen MR) is 285 cm³/mol. The number of phenols is 2. The Kier molecular flexibility index (Phi) is 14.2. The summed E-state index contributed by atoms with van der Waals surface area (Å²) in [5.41, 5.74) is 3.61. The number of amides is 1. The number of hydrogen-bond acceptors (Lipinski definition) is 14. The van der Waals surface area contributed by atoms with Gasteiger partial charge in [-0.25, -0.2) is 4.39 Å². The van der Waals surface area contributed by atoms with Crippen LogP contribution in [0.25, 0.3) is 50.0 Å². The molecule has 0 radical (unpaired) electrons. The molecule has 0 saturated carbocycles. The van der Waals surface area contributed by atoms with Crippen LogP contribution in [-0.2, 0) is 6.54 Å². The molecule has 16 nitrogen and oxygen atoms in total. The number of carbonyl (C=O) groups is 1. The number of rotatable bonds is 14. The molecule has 7 heterocycles. The van der Waals surface area contributed by atoms with Gasteiger partial charge in [0.25, 0.3) is 5.91 Å². The lowest BCUT2D eigenvalue weighted by Gasteiger charge is -2.36. The lowest BCUT2D eigenvalue weighted by molar-refractivity contribution is -0.123. The largest absolute Gasteiger partial charge is 0.508 e. The number of alkyl halides is 3. The first-order chi connectivity index (χ1) is 37.1. The number of carbonyl (C=O) groups excluding carboxylic acids is 1. The maximum absolute atomic E-state index is 17.1. The standard InChI is InChI=1S/C57H60F4N12O4/c1-5-36-8-6-9-37-10-7-11-42(48(36)37)50-49(58)51-45(25-62-50)52(72-29-38-14-15-39(30-72)64-38)66-56(65-51)77-31-41-22-35(26-69(41)4)28-71-20-18-70(19-21-71)27-34-12-16-40(17-13-34)73-53(44-23-43(33(2)3)46(74)24-47(44)75)67-68-54(73)55(76)63-32-57(59,60)61/h1,6-13,16-17,23-25,33,35,38-39,41,64,74-75H,14-15,18-22,26-32H2,2-4H3,(H,63,76)/t35-,38?,39?,41-/m0/s1. The summed E-state index contributed by atoms with van der Waals surface area (Å²) in [5, 5.41) is 37.3. The van der Waals surface area contributed by atoms with Gasteiger partial charge in [-0.1, -0.05) is 62.2 Å². The molecule has 77 heavy (non-hydrogen) atoms. The summed E-state index contributed by atoms with van der Waals surface area (Å²) in [7, 11) is 2.11. The molecule has 20 heteroatoms. The fraction of sp³-hybridized carbons (Fsp3) is 0.404. The molecule has 4 aliphatic rings. The van der Waals surface area contributed by atoms with E-state index in [0.29, 0.717) is 64.7 Å². The van der Waals surface area contributed by atoms with Crippen molar-refractivity contribution in [3.8, 4) is 58.2 Å². The van der Waals surface area contributed by atoms with E-state index in [1.807, 2.05) is 67.7 Å². The Labute approximate surface area is 443 Å². The van der Waals surface area contributed by atoms with Gasteiger partial charge in [0.1, 0.15) is 41.7 Å². The SMILES string of the molecule is C#Cc1cccc2cccc(-c3ncc4c(N5CC6CCC(C5)N6)nc(OC[C@@H]5C[C@H](CN6CCN(Cc7ccc(-n8c(C(=O)NCC(F)(F)F)nnc8-c8cc(C(C)C)c(O)cc8O)cc7)CC6)CN5C)nc4c3F)c12. The van der Waals surface area contributed by atoms with Gasteiger partial charge in [-0.3, -0.25) is 24.1 Å². The molecular formula is C57H60F4N12O4. The minimum atomic E-state index is -4.65. The summed E-state index contributed by atoms with van der Waals surface area (Å²) in [4.78, 5) is 37.0. The molecule has 3 aromatic heterocycles.